The number of hydrogen-bond donors (Lipinski definition) is 1. The highest BCUT2D eigenvalue weighted by Gasteiger charge is 2.27. The van der Waals surface area contributed by atoms with Crippen molar-refractivity contribution in [2.24, 2.45) is 5.73 Å². The van der Waals surface area contributed by atoms with Gasteiger partial charge in [0.1, 0.15) is 12.4 Å². The third-order valence-corrected chi connectivity index (χ3v) is 2.69. The van der Waals surface area contributed by atoms with E-state index in [2.05, 4.69) is 20.7 Å². The van der Waals surface area contributed by atoms with Gasteiger partial charge in [-0.3, -0.25) is 0 Å². The van der Waals surface area contributed by atoms with E-state index in [1.165, 1.54) is 0 Å². The Morgan fingerprint density at radius 2 is 1.95 bits per heavy atom. The zero-order valence-corrected chi connectivity index (χ0v) is 11.8. The molecule has 0 bridgehead atoms. The average molecular weight is 342 g/mol. The van der Waals surface area contributed by atoms with Crippen LogP contribution in [0, 0.1) is 0 Å². The van der Waals surface area contributed by atoms with E-state index in [1.54, 1.807) is 6.07 Å². The number of halogens is 4. The summed E-state index contributed by atoms with van der Waals surface area (Å²) in [6.07, 6.45) is -3.89. The molecule has 0 unspecified atom stereocenters. The van der Waals surface area contributed by atoms with Gasteiger partial charge in [-0.15, -0.1) is 0 Å². The van der Waals surface area contributed by atoms with Crippen LogP contribution >= 0.6 is 15.9 Å². The monoisotopic (exact) mass is 341 g/mol. The molecule has 0 heterocycles. The summed E-state index contributed by atoms with van der Waals surface area (Å²) in [7, 11) is 0. The lowest BCUT2D eigenvalue weighted by atomic mass is 10.2. The van der Waals surface area contributed by atoms with Gasteiger partial charge in [0.05, 0.1) is 13.2 Å². The van der Waals surface area contributed by atoms with Crippen LogP contribution in [0.1, 0.15) is 12.0 Å². The Labute approximate surface area is 118 Å². The average Bonchev–Trinajstić information content (AvgIpc) is 2.33. The molecule has 2 N–H and O–H groups in total. The Hall–Kier alpha value is -0.790. The fraction of sp³-hybridized carbons (Fsp3) is 0.500. The van der Waals surface area contributed by atoms with Crippen LogP contribution in [0.5, 0.6) is 5.75 Å². The molecule has 0 amide bonds. The second-order valence-corrected chi connectivity index (χ2v) is 4.74. The van der Waals surface area contributed by atoms with Gasteiger partial charge in [0.2, 0.25) is 0 Å². The fourth-order valence-corrected chi connectivity index (χ4v) is 1.79. The van der Waals surface area contributed by atoms with Gasteiger partial charge < -0.3 is 15.2 Å². The largest absolute Gasteiger partial charge is 0.493 e. The molecule has 0 saturated carbocycles. The van der Waals surface area contributed by atoms with Crippen LogP contribution in [-0.2, 0) is 11.3 Å². The highest BCUT2D eigenvalue weighted by atomic mass is 79.9. The van der Waals surface area contributed by atoms with Crippen molar-refractivity contribution >= 4 is 15.9 Å². The van der Waals surface area contributed by atoms with Crippen LogP contribution < -0.4 is 10.5 Å². The van der Waals surface area contributed by atoms with Gasteiger partial charge in [-0.25, -0.2) is 0 Å². The van der Waals surface area contributed by atoms with Gasteiger partial charge in [-0.1, -0.05) is 15.9 Å². The van der Waals surface area contributed by atoms with E-state index in [0.29, 0.717) is 18.7 Å². The summed E-state index contributed by atoms with van der Waals surface area (Å²) in [5.41, 5.74) is 6.41. The summed E-state index contributed by atoms with van der Waals surface area (Å²) in [5.74, 6) is 0.640. The van der Waals surface area contributed by atoms with Crippen molar-refractivity contribution in [3.05, 3.63) is 28.2 Å². The van der Waals surface area contributed by atoms with Crippen molar-refractivity contribution in [2.45, 2.75) is 19.1 Å². The summed E-state index contributed by atoms with van der Waals surface area (Å²) >= 11 is 3.32. The fourth-order valence-electron chi connectivity index (χ4n) is 1.38. The van der Waals surface area contributed by atoms with Gasteiger partial charge in [-0.2, -0.15) is 13.2 Å². The maximum atomic E-state index is 11.8. The Kier molecular flexibility index (Phi) is 6.60. The second-order valence-electron chi connectivity index (χ2n) is 3.83. The van der Waals surface area contributed by atoms with E-state index in [0.717, 1.165) is 10.0 Å². The van der Waals surface area contributed by atoms with Crippen LogP contribution in [0.4, 0.5) is 13.2 Å². The second kappa shape index (κ2) is 7.72. The lowest BCUT2D eigenvalue weighted by Gasteiger charge is -2.11. The third kappa shape index (κ3) is 6.79. The molecule has 0 radical (unpaired) electrons. The molecular formula is C12H15BrF3NO2. The standard InChI is InChI=1S/C12H15BrF3NO2/c13-10-2-3-11(9(6-10)7-17)19-5-1-4-18-8-12(14,15)16/h2-3,6H,1,4-5,7-8,17H2. The molecular weight excluding hydrogens is 327 g/mol. The van der Waals surface area contributed by atoms with Crippen LogP contribution in [0.25, 0.3) is 0 Å². The topological polar surface area (TPSA) is 44.5 Å². The summed E-state index contributed by atoms with van der Waals surface area (Å²) in [6, 6.07) is 5.42. The minimum absolute atomic E-state index is 0.00793. The van der Waals surface area contributed by atoms with Crippen molar-refractivity contribution in [3.63, 3.8) is 0 Å². The molecule has 0 aromatic heterocycles. The first kappa shape index (κ1) is 16.3. The van der Waals surface area contributed by atoms with Gasteiger partial charge in [0, 0.05) is 23.0 Å². The molecule has 7 heteroatoms. The summed E-state index contributed by atoms with van der Waals surface area (Å²) in [6.45, 7) is -0.598. The lowest BCUT2D eigenvalue weighted by molar-refractivity contribution is -0.174. The van der Waals surface area contributed by atoms with Gasteiger partial charge in [0.25, 0.3) is 0 Å². The first-order valence-electron chi connectivity index (χ1n) is 5.68. The van der Waals surface area contributed by atoms with E-state index < -0.39 is 12.8 Å². The Morgan fingerprint density at radius 3 is 2.58 bits per heavy atom. The number of alkyl halides is 3. The molecule has 0 spiro atoms. The number of rotatable bonds is 7. The van der Waals surface area contributed by atoms with Gasteiger partial charge in [-0.05, 0) is 18.2 Å². The lowest BCUT2D eigenvalue weighted by Crippen LogP contribution is -2.18. The molecule has 1 aromatic carbocycles. The molecule has 108 valence electrons. The molecule has 3 nitrogen and oxygen atoms in total. The first-order chi connectivity index (χ1) is 8.92. The molecule has 0 aliphatic heterocycles. The summed E-state index contributed by atoms with van der Waals surface area (Å²) in [4.78, 5) is 0. The molecule has 0 saturated heterocycles. The van der Waals surface area contributed by atoms with E-state index in [-0.39, 0.29) is 13.2 Å². The Morgan fingerprint density at radius 1 is 1.21 bits per heavy atom. The zero-order valence-electron chi connectivity index (χ0n) is 10.2. The van der Waals surface area contributed by atoms with Crippen molar-refractivity contribution in [1.82, 2.24) is 0 Å². The van der Waals surface area contributed by atoms with Gasteiger partial charge in [0.15, 0.2) is 0 Å². The maximum Gasteiger partial charge on any atom is 0.411 e. The number of benzene rings is 1. The predicted octanol–water partition coefficient (Wildman–Crippen LogP) is 3.26. The zero-order chi connectivity index (χ0) is 14.3. The van der Waals surface area contributed by atoms with Crippen molar-refractivity contribution in [2.75, 3.05) is 19.8 Å². The van der Waals surface area contributed by atoms with Crippen molar-refractivity contribution in [1.29, 1.82) is 0 Å². The van der Waals surface area contributed by atoms with E-state index >= 15 is 0 Å². The maximum absolute atomic E-state index is 11.8. The van der Waals surface area contributed by atoms with Crippen molar-refractivity contribution in [3.8, 4) is 5.75 Å². The van der Waals surface area contributed by atoms with Crippen LogP contribution in [0.15, 0.2) is 22.7 Å². The molecule has 0 aliphatic carbocycles. The molecule has 1 aromatic rings. The highest BCUT2D eigenvalue weighted by molar-refractivity contribution is 9.10. The SMILES string of the molecule is NCc1cc(Br)ccc1OCCCOCC(F)(F)F. The summed E-state index contributed by atoms with van der Waals surface area (Å²) < 4.78 is 46.2. The highest BCUT2D eigenvalue weighted by Crippen LogP contribution is 2.23. The predicted molar refractivity (Wildman–Crippen MR) is 69.0 cm³/mol. The first-order valence-corrected chi connectivity index (χ1v) is 6.47. The van der Waals surface area contributed by atoms with Crippen LogP contribution in [-0.4, -0.2) is 26.0 Å². The van der Waals surface area contributed by atoms with E-state index in [4.69, 9.17) is 10.5 Å². The molecule has 0 aliphatic rings. The minimum Gasteiger partial charge on any atom is -0.493 e. The third-order valence-electron chi connectivity index (χ3n) is 2.20. The molecule has 1 rings (SSSR count). The van der Waals surface area contributed by atoms with Crippen LogP contribution in [0.3, 0.4) is 0 Å². The number of nitrogens with two attached hydrogens (primary N) is 1. The number of ether oxygens (including phenoxy) is 2. The normalized spacial score (nSPS) is 11.6. The van der Waals surface area contributed by atoms with Gasteiger partial charge >= 0.3 is 6.18 Å². The van der Waals surface area contributed by atoms with Crippen LogP contribution in [0.2, 0.25) is 0 Å². The molecule has 19 heavy (non-hydrogen) atoms. The smallest absolute Gasteiger partial charge is 0.411 e. The minimum atomic E-state index is -4.28. The quantitative estimate of drug-likeness (QED) is 0.774. The Bertz CT molecular complexity index is 399. The van der Waals surface area contributed by atoms with E-state index in [1.807, 2.05) is 12.1 Å². The number of hydrogen-bond acceptors (Lipinski definition) is 3. The Balaban J connectivity index is 2.26. The summed E-state index contributed by atoms with van der Waals surface area (Å²) in [5, 5.41) is 0. The van der Waals surface area contributed by atoms with E-state index in [9.17, 15) is 13.2 Å². The van der Waals surface area contributed by atoms with Crippen molar-refractivity contribution < 1.29 is 22.6 Å². The molecule has 0 atom stereocenters. The molecule has 0 fully saturated rings.